The largest absolute Gasteiger partial charge is 0.338 e. The Morgan fingerprint density at radius 2 is 2.04 bits per heavy atom. The van der Waals surface area contributed by atoms with E-state index in [0.29, 0.717) is 24.7 Å². The van der Waals surface area contributed by atoms with E-state index in [9.17, 15) is 14.0 Å². The number of hydrogen-bond acceptors (Lipinski definition) is 3. The van der Waals surface area contributed by atoms with Gasteiger partial charge >= 0.3 is 0 Å². The Morgan fingerprint density at radius 1 is 1.25 bits per heavy atom. The Bertz CT molecular complexity index is 1080. The van der Waals surface area contributed by atoms with Crippen molar-refractivity contribution >= 4 is 16.9 Å². The summed E-state index contributed by atoms with van der Waals surface area (Å²) in [5, 5.41) is 0.734. The zero-order valence-corrected chi connectivity index (χ0v) is 15.8. The number of rotatable bonds is 3. The van der Waals surface area contributed by atoms with Crippen molar-refractivity contribution in [2.45, 2.75) is 26.3 Å². The van der Waals surface area contributed by atoms with E-state index in [1.807, 2.05) is 6.07 Å². The maximum atomic E-state index is 13.2. The molecule has 0 N–H and O–H groups in total. The third-order valence-corrected chi connectivity index (χ3v) is 5.28. The molecule has 0 unspecified atom stereocenters. The van der Waals surface area contributed by atoms with Gasteiger partial charge in [0.25, 0.3) is 11.5 Å². The van der Waals surface area contributed by atoms with Crippen LogP contribution in [0.2, 0.25) is 0 Å². The summed E-state index contributed by atoms with van der Waals surface area (Å²) < 4.78 is 14.7. The monoisotopic (exact) mass is 379 g/mol. The highest BCUT2D eigenvalue weighted by molar-refractivity contribution is 5.97. The lowest BCUT2D eigenvalue weighted by atomic mass is 9.99. The van der Waals surface area contributed by atoms with Gasteiger partial charge in [-0.3, -0.25) is 14.2 Å². The Hall–Kier alpha value is -3.02. The highest BCUT2D eigenvalue weighted by Crippen LogP contribution is 2.19. The molecule has 0 radical (unpaired) electrons. The number of carbonyl (C=O) groups is 1. The van der Waals surface area contributed by atoms with E-state index in [1.165, 1.54) is 16.7 Å². The fourth-order valence-corrected chi connectivity index (χ4v) is 3.82. The van der Waals surface area contributed by atoms with Crippen molar-refractivity contribution in [2.75, 3.05) is 13.1 Å². The van der Waals surface area contributed by atoms with E-state index in [1.54, 1.807) is 35.4 Å². The average molecular weight is 379 g/mol. The number of benzene rings is 1. The SMILES string of the molecule is C[C@@H]1CCCN(C(=O)c2cc3cccnc3n(Cc3ccc(F)cc3)c2=O)C1. The fraction of sp³-hybridized carbons (Fsp3) is 0.318. The average Bonchev–Trinajstić information content (AvgIpc) is 2.71. The molecular weight excluding hydrogens is 357 g/mol. The second-order valence-corrected chi connectivity index (χ2v) is 7.49. The molecule has 1 amide bonds. The number of nitrogens with zero attached hydrogens (tertiary/aromatic N) is 3. The minimum absolute atomic E-state index is 0.164. The van der Waals surface area contributed by atoms with Crippen LogP contribution in [0.25, 0.3) is 11.0 Å². The fourth-order valence-electron chi connectivity index (χ4n) is 3.82. The van der Waals surface area contributed by atoms with Crippen LogP contribution < -0.4 is 5.56 Å². The summed E-state index contributed by atoms with van der Waals surface area (Å²) >= 11 is 0. The third-order valence-electron chi connectivity index (χ3n) is 5.28. The number of likely N-dealkylation sites (tertiary alicyclic amines) is 1. The first-order valence-electron chi connectivity index (χ1n) is 9.55. The van der Waals surface area contributed by atoms with Crippen molar-refractivity contribution in [1.82, 2.24) is 14.5 Å². The van der Waals surface area contributed by atoms with Crippen molar-refractivity contribution in [2.24, 2.45) is 5.92 Å². The van der Waals surface area contributed by atoms with Crippen LogP contribution in [0.15, 0.2) is 53.5 Å². The summed E-state index contributed by atoms with van der Waals surface area (Å²) in [5.41, 5.74) is 1.09. The third kappa shape index (κ3) is 3.54. The number of fused-ring (bicyclic) bond motifs is 1. The number of halogens is 1. The summed E-state index contributed by atoms with van der Waals surface area (Å²) in [6, 6.07) is 11.3. The van der Waals surface area contributed by atoms with Gasteiger partial charge in [0.05, 0.1) is 6.54 Å². The van der Waals surface area contributed by atoms with E-state index >= 15 is 0 Å². The van der Waals surface area contributed by atoms with Crippen LogP contribution >= 0.6 is 0 Å². The van der Waals surface area contributed by atoms with Gasteiger partial charge < -0.3 is 4.90 Å². The molecule has 4 rings (SSSR count). The van der Waals surface area contributed by atoms with Gasteiger partial charge in [-0.25, -0.2) is 9.37 Å². The molecule has 28 heavy (non-hydrogen) atoms. The summed E-state index contributed by atoms with van der Waals surface area (Å²) in [5.74, 6) is -0.126. The van der Waals surface area contributed by atoms with Crippen LogP contribution in [0.4, 0.5) is 4.39 Å². The molecule has 6 heteroatoms. The smallest absolute Gasteiger partial charge is 0.265 e. The van der Waals surface area contributed by atoms with Crippen LogP contribution in [0.5, 0.6) is 0 Å². The summed E-state index contributed by atoms with van der Waals surface area (Å²) in [6.45, 7) is 3.69. The lowest BCUT2D eigenvalue weighted by Gasteiger charge is -2.31. The molecule has 0 aliphatic carbocycles. The van der Waals surface area contributed by atoms with Gasteiger partial charge in [-0.15, -0.1) is 0 Å². The molecular formula is C22H22FN3O2. The molecule has 2 aromatic heterocycles. The van der Waals surface area contributed by atoms with Crippen molar-refractivity contribution in [3.63, 3.8) is 0 Å². The van der Waals surface area contributed by atoms with E-state index in [0.717, 1.165) is 23.8 Å². The zero-order valence-electron chi connectivity index (χ0n) is 15.8. The molecule has 3 aromatic rings. The standard InChI is InChI=1S/C22H22FN3O2/c1-15-4-3-11-25(13-15)21(27)19-12-17-5-2-10-24-20(17)26(22(19)28)14-16-6-8-18(23)9-7-16/h2,5-10,12,15H,3-4,11,13-14H2,1H3/t15-/m1/s1. The number of amides is 1. The molecule has 1 saturated heterocycles. The van der Waals surface area contributed by atoms with Gasteiger partial charge in [0.2, 0.25) is 0 Å². The van der Waals surface area contributed by atoms with Gasteiger partial charge in [0, 0.05) is 24.7 Å². The molecule has 5 nitrogen and oxygen atoms in total. The van der Waals surface area contributed by atoms with E-state index in [2.05, 4.69) is 11.9 Å². The molecule has 1 atom stereocenters. The molecule has 144 valence electrons. The molecule has 3 heterocycles. The highest BCUT2D eigenvalue weighted by atomic mass is 19.1. The second kappa shape index (κ2) is 7.54. The highest BCUT2D eigenvalue weighted by Gasteiger charge is 2.25. The summed E-state index contributed by atoms with van der Waals surface area (Å²) in [4.78, 5) is 32.4. The molecule has 1 aliphatic heterocycles. The first kappa shape index (κ1) is 18.3. The van der Waals surface area contributed by atoms with Gasteiger partial charge in [-0.05, 0) is 54.7 Å². The van der Waals surface area contributed by atoms with E-state index in [-0.39, 0.29) is 29.4 Å². The first-order valence-corrected chi connectivity index (χ1v) is 9.55. The van der Waals surface area contributed by atoms with Crippen molar-refractivity contribution < 1.29 is 9.18 Å². The van der Waals surface area contributed by atoms with Crippen LogP contribution in [0, 0.1) is 11.7 Å². The molecule has 1 aliphatic rings. The van der Waals surface area contributed by atoms with Gasteiger partial charge in [0.1, 0.15) is 17.0 Å². The van der Waals surface area contributed by atoms with E-state index < -0.39 is 0 Å². The Labute approximate surface area is 162 Å². The topological polar surface area (TPSA) is 55.2 Å². The Kier molecular flexibility index (Phi) is 4.94. The van der Waals surface area contributed by atoms with Crippen LogP contribution in [-0.4, -0.2) is 33.4 Å². The van der Waals surface area contributed by atoms with Crippen LogP contribution in [0.3, 0.4) is 0 Å². The quantitative estimate of drug-likeness (QED) is 0.700. The normalized spacial score (nSPS) is 17.1. The summed E-state index contributed by atoms with van der Waals surface area (Å²) in [7, 11) is 0. The predicted octanol–water partition coefficient (Wildman–Crippen LogP) is 3.46. The molecule has 1 aromatic carbocycles. The molecule has 0 bridgehead atoms. The zero-order chi connectivity index (χ0) is 19.7. The number of pyridine rings is 2. The number of hydrogen-bond donors (Lipinski definition) is 0. The summed E-state index contributed by atoms with van der Waals surface area (Å²) in [6.07, 6.45) is 3.67. The number of carbonyl (C=O) groups excluding carboxylic acids is 1. The molecule has 0 spiro atoms. The predicted molar refractivity (Wildman–Crippen MR) is 106 cm³/mol. The van der Waals surface area contributed by atoms with Crippen molar-refractivity contribution in [3.05, 3.63) is 76.0 Å². The number of piperidine rings is 1. The maximum absolute atomic E-state index is 13.2. The van der Waals surface area contributed by atoms with Crippen molar-refractivity contribution in [1.29, 1.82) is 0 Å². The minimum Gasteiger partial charge on any atom is -0.338 e. The van der Waals surface area contributed by atoms with E-state index in [4.69, 9.17) is 0 Å². The number of aromatic nitrogens is 2. The van der Waals surface area contributed by atoms with Crippen molar-refractivity contribution in [3.8, 4) is 0 Å². The lowest BCUT2D eigenvalue weighted by molar-refractivity contribution is 0.0681. The Morgan fingerprint density at radius 3 is 2.79 bits per heavy atom. The Balaban J connectivity index is 1.79. The van der Waals surface area contributed by atoms with Crippen LogP contribution in [0.1, 0.15) is 35.7 Å². The second-order valence-electron chi connectivity index (χ2n) is 7.49. The maximum Gasteiger partial charge on any atom is 0.265 e. The van der Waals surface area contributed by atoms with Gasteiger partial charge in [-0.1, -0.05) is 19.1 Å². The van der Waals surface area contributed by atoms with Gasteiger partial charge in [0.15, 0.2) is 0 Å². The van der Waals surface area contributed by atoms with Crippen LogP contribution in [-0.2, 0) is 6.54 Å². The minimum atomic E-state index is -0.362. The lowest BCUT2D eigenvalue weighted by Crippen LogP contribution is -2.42. The molecule has 0 saturated carbocycles. The first-order chi connectivity index (χ1) is 13.5. The molecule has 1 fully saturated rings. The van der Waals surface area contributed by atoms with Gasteiger partial charge in [-0.2, -0.15) is 0 Å².